The van der Waals surface area contributed by atoms with Crippen molar-refractivity contribution in [3.05, 3.63) is 11.6 Å². The van der Waals surface area contributed by atoms with Gasteiger partial charge < -0.3 is 14.9 Å². The molecule has 1 N–H and O–H groups in total. The lowest BCUT2D eigenvalue weighted by atomic mass is 9.47. The number of aliphatic hydroxyl groups is 1. The van der Waals surface area contributed by atoms with E-state index in [4.69, 9.17) is 0 Å². The molecule has 32 heavy (non-hydrogen) atoms. The summed E-state index contributed by atoms with van der Waals surface area (Å²) in [4.78, 5) is 17.4. The van der Waals surface area contributed by atoms with Gasteiger partial charge in [0.1, 0.15) is 5.60 Å². The SMILES string of the molecule is CCC(C)(O)C(=O)N(C)C1CCC2(C)C(=CCC3C2CCC24CN(C)C(C)C2CCC34)C1. The molecule has 5 aliphatic rings. The first kappa shape index (κ1) is 22.9. The van der Waals surface area contributed by atoms with Crippen LogP contribution in [0.2, 0.25) is 0 Å². The first-order valence-electron chi connectivity index (χ1n) is 13.4. The summed E-state index contributed by atoms with van der Waals surface area (Å²) in [5, 5.41) is 10.5. The molecule has 1 amide bonds. The van der Waals surface area contributed by atoms with Gasteiger partial charge in [0.25, 0.3) is 5.91 Å². The molecule has 4 nitrogen and oxygen atoms in total. The predicted octanol–water partition coefficient (Wildman–Crippen LogP) is 4.87. The normalized spacial score (nSPS) is 47.5. The minimum Gasteiger partial charge on any atom is -0.380 e. The van der Waals surface area contributed by atoms with Crippen LogP contribution in [-0.2, 0) is 4.79 Å². The monoisotopic (exact) mass is 442 g/mol. The second-order valence-electron chi connectivity index (χ2n) is 12.8. The Balaban J connectivity index is 1.36. The Bertz CT molecular complexity index is 805. The van der Waals surface area contributed by atoms with Gasteiger partial charge in [0.15, 0.2) is 0 Å². The number of hydrogen-bond acceptors (Lipinski definition) is 3. The summed E-state index contributed by atoms with van der Waals surface area (Å²) in [5.74, 6) is 3.39. The van der Waals surface area contributed by atoms with E-state index >= 15 is 0 Å². The van der Waals surface area contributed by atoms with Crippen molar-refractivity contribution in [2.24, 2.45) is 34.5 Å². The highest BCUT2D eigenvalue weighted by atomic mass is 16.3. The lowest BCUT2D eigenvalue weighted by Crippen LogP contribution is -2.54. The predicted molar refractivity (Wildman–Crippen MR) is 129 cm³/mol. The summed E-state index contributed by atoms with van der Waals surface area (Å²) in [6.07, 6.45) is 13.3. The van der Waals surface area contributed by atoms with E-state index in [9.17, 15) is 9.90 Å². The molecule has 9 atom stereocenters. The molecule has 4 fully saturated rings. The number of rotatable bonds is 3. The number of allylic oxidation sites excluding steroid dienone is 1. The summed E-state index contributed by atoms with van der Waals surface area (Å²) in [6.45, 7) is 9.91. The number of carbonyl (C=O) groups excluding carboxylic acids is 1. The highest BCUT2D eigenvalue weighted by Gasteiger charge is 2.64. The van der Waals surface area contributed by atoms with Crippen molar-refractivity contribution in [3.63, 3.8) is 0 Å². The number of nitrogens with zero attached hydrogens (tertiary/aromatic N) is 2. The van der Waals surface area contributed by atoms with Crippen molar-refractivity contribution in [2.75, 3.05) is 20.6 Å². The first-order chi connectivity index (χ1) is 15.0. The van der Waals surface area contributed by atoms with Gasteiger partial charge in [0.05, 0.1) is 0 Å². The topological polar surface area (TPSA) is 43.8 Å². The van der Waals surface area contributed by atoms with Crippen molar-refractivity contribution >= 4 is 5.91 Å². The Kier molecular flexibility index (Phi) is 5.41. The summed E-state index contributed by atoms with van der Waals surface area (Å²) in [7, 11) is 4.27. The van der Waals surface area contributed by atoms with Crippen LogP contribution >= 0.6 is 0 Å². The van der Waals surface area contributed by atoms with E-state index < -0.39 is 5.60 Å². The molecule has 4 heteroatoms. The highest BCUT2D eigenvalue weighted by molar-refractivity contribution is 5.84. The van der Waals surface area contributed by atoms with E-state index in [0.717, 1.165) is 42.6 Å². The van der Waals surface area contributed by atoms with Gasteiger partial charge in [0.2, 0.25) is 0 Å². The third kappa shape index (κ3) is 3.04. The number of likely N-dealkylation sites (N-methyl/N-ethyl adjacent to an activating group) is 1. The molecule has 1 heterocycles. The van der Waals surface area contributed by atoms with Crippen LogP contribution in [0, 0.1) is 34.5 Å². The average Bonchev–Trinajstić information content (AvgIpc) is 3.26. The molecule has 9 unspecified atom stereocenters. The van der Waals surface area contributed by atoms with Crippen molar-refractivity contribution in [3.8, 4) is 0 Å². The molecule has 5 rings (SSSR count). The van der Waals surface area contributed by atoms with Crippen LogP contribution in [0.25, 0.3) is 0 Å². The van der Waals surface area contributed by atoms with Gasteiger partial charge in [-0.15, -0.1) is 0 Å². The second kappa shape index (κ2) is 7.57. The van der Waals surface area contributed by atoms with Crippen LogP contribution < -0.4 is 0 Å². The number of carbonyl (C=O) groups is 1. The van der Waals surface area contributed by atoms with E-state index in [1.165, 1.54) is 45.1 Å². The van der Waals surface area contributed by atoms with Crippen molar-refractivity contribution in [2.45, 2.75) is 103 Å². The summed E-state index contributed by atoms with van der Waals surface area (Å²) >= 11 is 0. The minimum absolute atomic E-state index is 0.112. The average molecular weight is 443 g/mol. The molecule has 0 aromatic heterocycles. The molecule has 0 bridgehead atoms. The van der Waals surface area contributed by atoms with E-state index in [0.29, 0.717) is 17.3 Å². The fraction of sp³-hybridized carbons (Fsp3) is 0.893. The van der Waals surface area contributed by atoms with Crippen LogP contribution in [0.5, 0.6) is 0 Å². The van der Waals surface area contributed by atoms with Gasteiger partial charge in [-0.1, -0.05) is 25.5 Å². The summed E-state index contributed by atoms with van der Waals surface area (Å²) < 4.78 is 0. The zero-order valence-corrected chi connectivity index (χ0v) is 21.4. The van der Waals surface area contributed by atoms with Crippen LogP contribution in [0.4, 0.5) is 0 Å². The molecule has 1 spiro atoms. The molecular formula is C28H46N2O2. The van der Waals surface area contributed by atoms with Crippen LogP contribution in [0.1, 0.15) is 85.5 Å². The number of likely N-dealkylation sites (tertiary alicyclic amines) is 1. The summed E-state index contributed by atoms with van der Waals surface area (Å²) in [6, 6.07) is 0.984. The maximum absolute atomic E-state index is 12.9. The number of hydrogen-bond donors (Lipinski definition) is 1. The number of fused-ring (bicyclic) bond motifs is 4. The Morgan fingerprint density at radius 2 is 1.94 bits per heavy atom. The maximum Gasteiger partial charge on any atom is 0.254 e. The molecule has 0 aromatic carbocycles. The van der Waals surface area contributed by atoms with Gasteiger partial charge in [-0.25, -0.2) is 0 Å². The van der Waals surface area contributed by atoms with Gasteiger partial charge in [0, 0.05) is 25.7 Å². The largest absolute Gasteiger partial charge is 0.380 e. The number of amides is 1. The van der Waals surface area contributed by atoms with Crippen LogP contribution in [-0.4, -0.2) is 59.1 Å². The fourth-order valence-electron chi connectivity index (χ4n) is 9.47. The Labute approximate surface area is 195 Å². The Morgan fingerprint density at radius 3 is 2.66 bits per heavy atom. The van der Waals surface area contributed by atoms with Crippen molar-refractivity contribution in [1.82, 2.24) is 9.80 Å². The van der Waals surface area contributed by atoms with E-state index in [1.807, 2.05) is 18.9 Å². The smallest absolute Gasteiger partial charge is 0.254 e. The third-order valence-electron chi connectivity index (χ3n) is 11.7. The van der Waals surface area contributed by atoms with Gasteiger partial charge in [-0.3, -0.25) is 4.79 Å². The minimum atomic E-state index is -1.25. The molecule has 1 aliphatic heterocycles. The van der Waals surface area contributed by atoms with E-state index in [1.54, 1.807) is 12.5 Å². The first-order valence-corrected chi connectivity index (χ1v) is 13.4. The maximum atomic E-state index is 12.9. The fourth-order valence-corrected chi connectivity index (χ4v) is 9.47. The van der Waals surface area contributed by atoms with E-state index in [2.05, 4.69) is 31.9 Å². The molecule has 180 valence electrons. The molecule has 1 saturated heterocycles. The van der Waals surface area contributed by atoms with Gasteiger partial charge in [-0.2, -0.15) is 0 Å². The van der Waals surface area contributed by atoms with Crippen molar-refractivity contribution < 1.29 is 9.90 Å². The quantitative estimate of drug-likeness (QED) is 0.634. The van der Waals surface area contributed by atoms with Gasteiger partial charge >= 0.3 is 0 Å². The lowest BCUT2D eigenvalue weighted by molar-refractivity contribution is -0.151. The standard InChI is InChI=1S/C28H46N2O2/c1-7-27(4,32)25(31)30(6)20-12-14-26(3)19(16-20)8-9-21-23(26)13-15-28-17-29(5)18(2)22(28)10-11-24(21)28/h8,18,20-24,32H,7,9-17H2,1-6H3. The molecule has 0 aromatic rings. The molecule has 3 saturated carbocycles. The van der Waals surface area contributed by atoms with Gasteiger partial charge in [-0.05, 0) is 113 Å². The Morgan fingerprint density at radius 1 is 1.22 bits per heavy atom. The molecule has 4 aliphatic carbocycles. The van der Waals surface area contributed by atoms with Crippen molar-refractivity contribution in [1.29, 1.82) is 0 Å². The summed E-state index contributed by atoms with van der Waals surface area (Å²) in [5.41, 5.74) is 1.27. The highest BCUT2D eigenvalue weighted by Crippen LogP contribution is 2.68. The molecular weight excluding hydrogens is 396 g/mol. The van der Waals surface area contributed by atoms with E-state index in [-0.39, 0.29) is 11.9 Å². The lowest BCUT2D eigenvalue weighted by Gasteiger charge is -2.58. The second-order valence-corrected chi connectivity index (χ2v) is 12.8. The zero-order chi connectivity index (χ0) is 23.1. The zero-order valence-electron chi connectivity index (χ0n) is 21.4. The van der Waals surface area contributed by atoms with Crippen LogP contribution in [0.3, 0.4) is 0 Å². The third-order valence-corrected chi connectivity index (χ3v) is 11.7. The van der Waals surface area contributed by atoms with Crippen LogP contribution in [0.15, 0.2) is 11.6 Å². The Hall–Kier alpha value is -0.870. The molecule has 0 radical (unpaired) electrons.